The van der Waals surface area contributed by atoms with Gasteiger partial charge in [0.05, 0.1) is 11.7 Å². The van der Waals surface area contributed by atoms with E-state index in [9.17, 15) is 4.79 Å². The van der Waals surface area contributed by atoms with E-state index in [1.807, 2.05) is 29.2 Å². The highest BCUT2D eigenvalue weighted by molar-refractivity contribution is 7.10. The number of carbonyl (C=O) groups is 1. The molecule has 1 atom stereocenters. The first-order valence-corrected chi connectivity index (χ1v) is 9.37. The molecule has 1 aliphatic heterocycles. The van der Waals surface area contributed by atoms with Gasteiger partial charge in [0.25, 0.3) is 5.91 Å². The first kappa shape index (κ1) is 16.4. The van der Waals surface area contributed by atoms with Crippen LogP contribution in [0.3, 0.4) is 0 Å². The van der Waals surface area contributed by atoms with Gasteiger partial charge in [0, 0.05) is 16.4 Å². The van der Waals surface area contributed by atoms with Gasteiger partial charge in [0.2, 0.25) is 0 Å². The van der Waals surface area contributed by atoms with Crippen molar-refractivity contribution in [2.24, 2.45) is 0 Å². The first-order valence-electron chi connectivity index (χ1n) is 8.12. The van der Waals surface area contributed by atoms with E-state index in [2.05, 4.69) is 16.6 Å². The maximum atomic E-state index is 13.3. The summed E-state index contributed by atoms with van der Waals surface area (Å²) in [5.41, 5.74) is 3.45. The zero-order valence-corrected chi connectivity index (χ0v) is 15.5. The first-order chi connectivity index (χ1) is 12.1. The van der Waals surface area contributed by atoms with Crippen molar-refractivity contribution in [3.05, 3.63) is 73.8 Å². The Hall–Kier alpha value is -2.11. The topological polar surface area (TPSA) is 46.3 Å². The molecule has 1 aromatic carbocycles. The summed E-state index contributed by atoms with van der Waals surface area (Å²) in [4.78, 5) is 16.5. The number of amides is 1. The molecule has 25 heavy (non-hydrogen) atoms. The number of halogens is 1. The summed E-state index contributed by atoms with van der Waals surface area (Å²) < 4.78 is 5.21. The number of fused-ring (bicyclic) bond motifs is 1. The van der Waals surface area contributed by atoms with Crippen LogP contribution in [0, 0.1) is 13.8 Å². The third-order valence-electron chi connectivity index (χ3n) is 4.66. The highest BCUT2D eigenvalue weighted by Crippen LogP contribution is 2.39. The van der Waals surface area contributed by atoms with Gasteiger partial charge in [0.15, 0.2) is 0 Å². The number of carbonyl (C=O) groups excluding carboxylic acids is 1. The van der Waals surface area contributed by atoms with Gasteiger partial charge in [-0.05, 0) is 55.0 Å². The van der Waals surface area contributed by atoms with E-state index in [1.165, 1.54) is 10.4 Å². The predicted molar refractivity (Wildman–Crippen MR) is 98.3 cm³/mol. The lowest BCUT2D eigenvalue weighted by Gasteiger charge is -2.36. The van der Waals surface area contributed by atoms with Crippen molar-refractivity contribution in [1.29, 1.82) is 0 Å². The largest absolute Gasteiger partial charge is 0.361 e. The molecule has 2 aromatic heterocycles. The second-order valence-corrected chi connectivity index (χ2v) is 7.64. The predicted octanol–water partition coefficient (Wildman–Crippen LogP) is 4.79. The normalized spacial score (nSPS) is 16.8. The van der Waals surface area contributed by atoms with Gasteiger partial charge in [0.1, 0.15) is 11.3 Å². The lowest BCUT2D eigenvalue weighted by Crippen LogP contribution is -2.40. The second kappa shape index (κ2) is 6.32. The molecule has 1 unspecified atom stereocenters. The summed E-state index contributed by atoms with van der Waals surface area (Å²) in [6.07, 6.45) is 0.867. The van der Waals surface area contributed by atoms with Gasteiger partial charge < -0.3 is 9.42 Å². The molecule has 128 valence electrons. The molecule has 0 N–H and O–H groups in total. The summed E-state index contributed by atoms with van der Waals surface area (Å²) in [6.45, 7) is 4.26. The Morgan fingerprint density at radius 2 is 2.04 bits per heavy atom. The Kier molecular flexibility index (Phi) is 4.13. The van der Waals surface area contributed by atoms with Crippen LogP contribution >= 0.6 is 22.9 Å². The Morgan fingerprint density at radius 3 is 2.72 bits per heavy atom. The van der Waals surface area contributed by atoms with Crippen molar-refractivity contribution in [2.75, 3.05) is 6.54 Å². The van der Waals surface area contributed by atoms with Crippen LogP contribution in [0.4, 0.5) is 0 Å². The summed E-state index contributed by atoms with van der Waals surface area (Å²) in [6, 6.07) is 9.73. The molecule has 0 aliphatic carbocycles. The van der Waals surface area contributed by atoms with Crippen LogP contribution in [-0.2, 0) is 6.42 Å². The van der Waals surface area contributed by atoms with Crippen molar-refractivity contribution in [3.63, 3.8) is 0 Å². The van der Waals surface area contributed by atoms with E-state index < -0.39 is 0 Å². The third-order valence-corrected chi connectivity index (χ3v) is 5.91. The van der Waals surface area contributed by atoms with Crippen molar-refractivity contribution in [3.8, 4) is 0 Å². The zero-order valence-electron chi connectivity index (χ0n) is 14.0. The maximum absolute atomic E-state index is 13.3. The van der Waals surface area contributed by atoms with Gasteiger partial charge in [-0.3, -0.25) is 4.79 Å². The summed E-state index contributed by atoms with van der Waals surface area (Å²) >= 11 is 7.80. The SMILES string of the molecule is Cc1noc(C)c1C(=O)N1CCc2sccc2C1c1ccc(Cl)cc1. The highest BCUT2D eigenvalue weighted by Gasteiger charge is 2.35. The van der Waals surface area contributed by atoms with E-state index in [-0.39, 0.29) is 11.9 Å². The van der Waals surface area contributed by atoms with Gasteiger partial charge in [-0.1, -0.05) is 28.9 Å². The number of rotatable bonds is 2. The molecule has 3 aromatic rings. The molecule has 4 rings (SSSR count). The molecule has 0 saturated heterocycles. The molecule has 0 radical (unpaired) electrons. The molecule has 0 spiro atoms. The van der Waals surface area contributed by atoms with E-state index in [0.717, 1.165) is 12.0 Å². The average Bonchev–Trinajstić information content (AvgIpc) is 3.21. The molecule has 4 nitrogen and oxygen atoms in total. The molecule has 0 fully saturated rings. The third kappa shape index (κ3) is 2.77. The standard InChI is InChI=1S/C19H17ClN2O2S/c1-11-17(12(2)24-21-11)19(23)22-9-7-16-15(8-10-25-16)18(22)13-3-5-14(20)6-4-13/h3-6,8,10,18H,7,9H2,1-2H3. The maximum Gasteiger partial charge on any atom is 0.260 e. The minimum Gasteiger partial charge on any atom is -0.361 e. The number of nitrogens with zero attached hydrogens (tertiary/aromatic N) is 2. The fraction of sp³-hybridized carbons (Fsp3) is 0.263. The van der Waals surface area contributed by atoms with Crippen molar-refractivity contribution in [1.82, 2.24) is 10.1 Å². The minimum atomic E-state index is -0.117. The summed E-state index contributed by atoms with van der Waals surface area (Å²) in [5, 5.41) is 6.72. The molecular formula is C19H17ClN2O2S. The molecule has 6 heteroatoms. The van der Waals surface area contributed by atoms with Crippen molar-refractivity contribution in [2.45, 2.75) is 26.3 Å². The van der Waals surface area contributed by atoms with E-state index >= 15 is 0 Å². The van der Waals surface area contributed by atoms with Crippen LogP contribution in [0.2, 0.25) is 5.02 Å². The van der Waals surface area contributed by atoms with Gasteiger partial charge in [-0.15, -0.1) is 11.3 Å². The second-order valence-electron chi connectivity index (χ2n) is 6.20. The van der Waals surface area contributed by atoms with Gasteiger partial charge >= 0.3 is 0 Å². The molecule has 0 saturated carbocycles. The van der Waals surface area contributed by atoms with Crippen LogP contribution in [0.5, 0.6) is 0 Å². The number of aryl methyl sites for hydroxylation is 2. The zero-order chi connectivity index (χ0) is 17.6. The number of hydrogen-bond acceptors (Lipinski definition) is 4. The van der Waals surface area contributed by atoms with E-state index in [4.69, 9.17) is 16.1 Å². The number of benzene rings is 1. The van der Waals surface area contributed by atoms with Gasteiger partial charge in [-0.25, -0.2) is 0 Å². The average molecular weight is 373 g/mol. The lowest BCUT2D eigenvalue weighted by molar-refractivity contribution is 0.0693. The Balaban J connectivity index is 1.81. The Morgan fingerprint density at radius 1 is 1.28 bits per heavy atom. The summed E-state index contributed by atoms with van der Waals surface area (Å²) in [7, 11) is 0. The minimum absolute atomic E-state index is 0.0342. The summed E-state index contributed by atoms with van der Waals surface area (Å²) in [5.74, 6) is 0.529. The van der Waals surface area contributed by atoms with Crippen molar-refractivity contribution >= 4 is 28.8 Å². The smallest absolute Gasteiger partial charge is 0.260 e. The Labute approximate surface area is 155 Å². The molecular weight excluding hydrogens is 356 g/mol. The van der Waals surface area contributed by atoms with Crippen LogP contribution < -0.4 is 0 Å². The fourth-order valence-corrected chi connectivity index (χ4v) is 4.50. The van der Waals surface area contributed by atoms with Crippen LogP contribution in [0.1, 0.15) is 43.9 Å². The molecule has 3 heterocycles. The molecule has 1 amide bonds. The van der Waals surface area contributed by atoms with Crippen LogP contribution in [0.15, 0.2) is 40.2 Å². The monoisotopic (exact) mass is 372 g/mol. The lowest BCUT2D eigenvalue weighted by atomic mass is 9.92. The van der Waals surface area contributed by atoms with Crippen LogP contribution in [0.25, 0.3) is 0 Å². The number of thiophene rings is 1. The molecule has 1 aliphatic rings. The number of hydrogen-bond donors (Lipinski definition) is 0. The number of aromatic nitrogens is 1. The van der Waals surface area contributed by atoms with Crippen LogP contribution in [-0.4, -0.2) is 22.5 Å². The fourth-order valence-electron chi connectivity index (χ4n) is 3.47. The Bertz CT molecular complexity index is 910. The highest BCUT2D eigenvalue weighted by atomic mass is 35.5. The van der Waals surface area contributed by atoms with Gasteiger partial charge in [-0.2, -0.15) is 0 Å². The van der Waals surface area contributed by atoms with E-state index in [0.29, 0.717) is 28.6 Å². The quantitative estimate of drug-likeness (QED) is 0.649. The van der Waals surface area contributed by atoms with Crippen molar-refractivity contribution < 1.29 is 9.32 Å². The van der Waals surface area contributed by atoms with E-state index in [1.54, 1.807) is 25.2 Å². The molecule has 0 bridgehead atoms.